The van der Waals surface area contributed by atoms with Gasteiger partial charge in [0, 0.05) is 40.8 Å². The van der Waals surface area contributed by atoms with Gasteiger partial charge in [-0.15, -0.1) is 0 Å². The van der Waals surface area contributed by atoms with E-state index in [-0.39, 0.29) is 5.91 Å². The molecule has 0 bridgehead atoms. The third kappa shape index (κ3) is 2.31. The van der Waals surface area contributed by atoms with Crippen LogP contribution in [0.3, 0.4) is 0 Å². The Kier molecular flexibility index (Phi) is 3.44. The Bertz CT molecular complexity index is 1100. The molecule has 0 aliphatic rings. The van der Waals surface area contributed by atoms with E-state index < -0.39 is 0 Å². The molecule has 0 saturated carbocycles. The number of carbonyl (C=O) groups excluding carboxylic acids is 1. The number of benzene rings is 1. The summed E-state index contributed by atoms with van der Waals surface area (Å²) in [6.07, 6.45) is 1.56. The van der Waals surface area contributed by atoms with Crippen molar-refractivity contribution in [1.29, 1.82) is 0 Å². The van der Waals surface area contributed by atoms with E-state index in [2.05, 4.69) is 15.4 Å². The standard InChI is InChI=1S/C16H11Cl2N5O/c1-22-13(6-7-19-22)16(24)21-14-5-3-10-11-8-9(17)2-4-12(11)23(18)15(10)20-14/h2-8H,1H3,(H,20,21,24). The van der Waals surface area contributed by atoms with Crippen LogP contribution < -0.4 is 5.32 Å². The molecule has 3 aromatic heterocycles. The van der Waals surface area contributed by atoms with Crippen molar-refractivity contribution in [3.8, 4) is 0 Å². The summed E-state index contributed by atoms with van der Waals surface area (Å²) in [6, 6.07) is 10.7. The molecule has 0 aliphatic heterocycles. The predicted molar refractivity (Wildman–Crippen MR) is 94.7 cm³/mol. The second-order valence-electron chi connectivity index (χ2n) is 5.30. The lowest BCUT2D eigenvalue weighted by molar-refractivity contribution is 0.101. The Morgan fingerprint density at radius 3 is 2.75 bits per heavy atom. The van der Waals surface area contributed by atoms with E-state index in [1.165, 1.54) is 8.77 Å². The summed E-state index contributed by atoms with van der Waals surface area (Å²) in [6.45, 7) is 0. The maximum Gasteiger partial charge on any atom is 0.275 e. The highest BCUT2D eigenvalue weighted by Crippen LogP contribution is 2.31. The molecular formula is C16H11Cl2N5O. The summed E-state index contributed by atoms with van der Waals surface area (Å²) < 4.78 is 2.95. The lowest BCUT2D eigenvalue weighted by atomic mass is 10.2. The van der Waals surface area contributed by atoms with Gasteiger partial charge in [0.25, 0.3) is 5.91 Å². The van der Waals surface area contributed by atoms with Crippen LogP contribution in [-0.2, 0) is 7.05 Å². The van der Waals surface area contributed by atoms with Crippen LogP contribution >= 0.6 is 23.4 Å². The van der Waals surface area contributed by atoms with E-state index in [9.17, 15) is 4.79 Å². The SMILES string of the molecule is Cn1nccc1C(=O)Nc1ccc2c3cc(Cl)ccc3n(Cl)c2n1. The number of amides is 1. The van der Waals surface area contributed by atoms with Crippen LogP contribution in [0.5, 0.6) is 0 Å². The number of carbonyl (C=O) groups is 1. The molecule has 0 saturated heterocycles. The average molecular weight is 360 g/mol. The smallest absolute Gasteiger partial charge is 0.275 e. The molecule has 1 amide bonds. The average Bonchev–Trinajstić information content (AvgIpc) is 3.10. The van der Waals surface area contributed by atoms with E-state index in [1.807, 2.05) is 18.2 Å². The number of nitrogens with zero attached hydrogens (tertiary/aromatic N) is 4. The summed E-state index contributed by atoms with van der Waals surface area (Å²) in [4.78, 5) is 16.7. The molecule has 4 aromatic rings. The number of anilines is 1. The molecule has 0 fully saturated rings. The molecule has 120 valence electrons. The molecule has 0 spiro atoms. The number of hydrogen-bond donors (Lipinski definition) is 1. The monoisotopic (exact) mass is 359 g/mol. The molecule has 1 N–H and O–H groups in total. The van der Waals surface area contributed by atoms with Crippen LogP contribution in [-0.4, -0.2) is 24.8 Å². The molecular weight excluding hydrogens is 349 g/mol. The van der Waals surface area contributed by atoms with Gasteiger partial charge in [0.05, 0.1) is 5.52 Å². The fourth-order valence-electron chi connectivity index (χ4n) is 2.66. The van der Waals surface area contributed by atoms with Crippen molar-refractivity contribution in [2.75, 3.05) is 5.32 Å². The van der Waals surface area contributed by atoms with Crippen molar-refractivity contribution < 1.29 is 4.79 Å². The highest BCUT2D eigenvalue weighted by molar-refractivity contribution is 6.32. The lowest BCUT2D eigenvalue weighted by Crippen LogP contribution is -2.16. The Balaban J connectivity index is 1.78. The molecule has 0 atom stereocenters. The first-order valence-corrected chi connectivity index (χ1v) is 7.82. The maximum atomic E-state index is 12.3. The number of pyridine rings is 1. The largest absolute Gasteiger partial charge is 0.305 e. The molecule has 1 aromatic carbocycles. The van der Waals surface area contributed by atoms with Gasteiger partial charge in [0.1, 0.15) is 11.5 Å². The summed E-state index contributed by atoms with van der Waals surface area (Å²) in [5.74, 6) is 0.117. The highest BCUT2D eigenvalue weighted by atomic mass is 35.5. The quantitative estimate of drug-likeness (QED) is 0.591. The van der Waals surface area contributed by atoms with Crippen LogP contribution in [0.4, 0.5) is 5.82 Å². The van der Waals surface area contributed by atoms with Crippen molar-refractivity contribution in [3.63, 3.8) is 0 Å². The third-order valence-electron chi connectivity index (χ3n) is 3.82. The zero-order chi connectivity index (χ0) is 16.8. The second-order valence-corrected chi connectivity index (χ2v) is 6.08. The Hall–Kier alpha value is -2.57. The molecule has 6 nitrogen and oxygen atoms in total. The predicted octanol–water partition coefficient (Wildman–Crippen LogP) is 3.83. The van der Waals surface area contributed by atoms with Gasteiger partial charge < -0.3 is 5.32 Å². The molecule has 8 heteroatoms. The van der Waals surface area contributed by atoms with E-state index in [4.69, 9.17) is 23.4 Å². The molecule has 3 heterocycles. The van der Waals surface area contributed by atoms with E-state index in [0.717, 1.165) is 16.3 Å². The Morgan fingerprint density at radius 1 is 1.17 bits per heavy atom. The fourth-order valence-corrected chi connectivity index (χ4v) is 3.11. The minimum Gasteiger partial charge on any atom is -0.305 e. The molecule has 0 radical (unpaired) electrons. The van der Waals surface area contributed by atoms with Crippen molar-refractivity contribution in [2.24, 2.45) is 7.05 Å². The van der Waals surface area contributed by atoms with Crippen LogP contribution in [0, 0.1) is 0 Å². The second kappa shape index (κ2) is 5.51. The van der Waals surface area contributed by atoms with Crippen molar-refractivity contribution in [2.45, 2.75) is 0 Å². The van der Waals surface area contributed by atoms with Gasteiger partial charge in [-0.2, -0.15) is 5.10 Å². The molecule has 0 unspecified atom stereocenters. The van der Waals surface area contributed by atoms with Gasteiger partial charge in [0.15, 0.2) is 5.65 Å². The number of aromatic nitrogens is 4. The van der Waals surface area contributed by atoms with Gasteiger partial charge in [-0.3, -0.25) is 9.48 Å². The number of rotatable bonds is 2. The highest BCUT2D eigenvalue weighted by Gasteiger charge is 2.14. The molecule has 0 aliphatic carbocycles. The van der Waals surface area contributed by atoms with Crippen LogP contribution in [0.25, 0.3) is 21.9 Å². The number of nitrogens with one attached hydrogen (secondary N) is 1. The van der Waals surface area contributed by atoms with E-state index in [1.54, 1.807) is 31.4 Å². The van der Waals surface area contributed by atoms with Gasteiger partial charge >= 0.3 is 0 Å². The molecule has 24 heavy (non-hydrogen) atoms. The van der Waals surface area contributed by atoms with Crippen LogP contribution in [0.2, 0.25) is 5.02 Å². The number of fused-ring (bicyclic) bond motifs is 3. The third-order valence-corrected chi connectivity index (χ3v) is 4.39. The lowest BCUT2D eigenvalue weighted by Gasteiger charge is -2.05. The summed E-state index contributed by atoms with van der Waals surface area (Å²) in [7, 11) is 1.70. The summed E-state index contributed by atoms with van der Waals surface area (Å²) >= 11 is 12.4. The van der Waals surface area contributed by atoms with Gasteiger partial charge in [-0.25, -0.2) is 9.07 Å². The van der Waals surface area contributed by atoms with Crippen LogP contribution in [0.15, 0.2) is 42.6 Å². The fraction of sp³-hybridized carbons (Fsp3) is 0.0625. The number of hydrogen-bond acceptors (Lipinski definition) is 3. The normalized spacial score (nSPS) is 11.3. The molecule has 4 rings (SSSR count). The van der Waals surface area contributed by atoms with Gasteiger partial charge in [0.2, 0.25) is 0 Å². The number of halogens is 2. The Morgan fingerprint density at radius 2 is 2.00 bits per heavy atom. The van der Waals surface area contributed by atoms with Crippen molar-refractivity contribution >= 4 is 57.0 Å². The Labute approximate surface area is 146 Å². The first kappa shape index (κ1) is 15.0. The number of aryl methyl sites for hydroxylation is 1. The van der Waals surface area contributed by atoms with E-state index in [0.29, 0.717) is 22.2 Å². The summed E-state index contributed by atoms with van der Waals surface area (Å²) in [5.41, 5.74) is 1.80. The van der Waals surface area contributed by atoms with Crippen LogP contribution in [0.1, 0.15) is 10.5 Å². The zero-order valence-electron chi connectivity index (χ0n) is 12.5. The van der Waals surface area contributed by atoms with Gasteiger partial charge in [-0.05, 0) is 36.4 Å². The topological polar surface area (TPSA) is 64.7 Å². The first-order chi connectivity index (χ1) is 11.5. The zero-order valence-corrected chi connectivity index (χ0v) is 14.0. The van der Waals surface area contributed by atoms with Crippen molar-refractivity contribution in [3.05, 3.63) is 53.3 Å². The minimum atomic E-state index is -0.290. The minimum absolute atomic E-state index is 0.290. The maximum absolute atomic E-state index is 12.3. The van der Waals surface area contributed by atoms with Gasteiger partial charge in [-0.1, -0.05) is 11.6 Å². The van der Waals surface area contributed by atoms with Crippen molar-refractivity contribution in [1.82, 2.24) is 18.9 Å². The summed E-state index contributed by atoms with van der Waals surface area (Å²) in [5, 5.41) is 9.12. The first-order valence-electron chi connectivity index (χ1n) is 7.11. The van der Waals surface area contributed by atoms with E-state index >= 15 is 0 Å².